The monoisotopic (exact) mass is 764 g/mol. The Morgan fingerprint density at radius 2 is 0.750 bits per heavy atom. The van der Waals surface area contributed by atoms with Crippen LogP contribution in [-0.2, 0) is 0 Å². The fraction of sp³-hybridized carbons (Fsp3) is 0. The summed E-state index contributed by atoms with van der Waals surface area (Å²) in [6.45, 7) is 0. The summed E-state index contributed by atoms with van der Waals surface area (Å²) in [7, 11) is 0. The van der Waals surface area contributed by atoms with Crippen molar-refractivity contribution in [3.8, 4) is 56.4 Å². The van der Waals surface area contributed by atoms with Crippen molar-refractivity contribution < 1.29 is 0 Å². The normalized spacial score (nSPS) is 11.7. The molecule has 0 saturated carbocycles. The number of fused-ring (bicyclic) bond motifs is 7. The van der Waals surface area contributed by atoms with Crippen molar-refractivity contribution in [1.82, 2.24) is 19.1 Å². The lowest BCUT2D eigenvalue weighted by Gasteiger charge is -2.12. The molecule has 0 aliphatic rings. The predicted molar refractivity (Wildman–Crippen MR) is 250 cm³/mol. The molecular formula is C56H36N4. The van der Waals surface area contributed by atoms with Crippen molar-refractivity contribution in [2.75, 3.05) is 0 Å². The molecule has 3 aromatic heterocycles. The molecule has 12 aromatic rings. The second kappa shape index (κ2) is 13.8. The Labute approximate surface area is 346 Å². The van der Waals surface area contributed by atoms with Gasteiger partial charge in [-0.05, 0) is 82.6 Å². The Kier molecular flexibility index (Phi) is 7.82. The Morgan fingerprint density at radius 1 is 0.267 bits per heavy atom. The average molecular weight is 765 g/mol. The van der Waals surface area contributed by atoms with Gasteiger partial charge in [-0.1, -0.05) is 158 Å². The maximum absolute atomic E-state index is 5.22. The van der Waals surface area contributed by atoms with Gasteiger partial charge in [-0.3, -0.25) is 0 Å². The van der Waals surface area contributed by atoms with Gasteiger partial charge in [0.1, 0.15) is 0 Å². The lowest BCUT2D eigenvalue weighted by atomic mass is 10.0. The smallest absolute Gasteiger partial charge is 0.160 e. The summed E-state index contributed by atoms with van der Waals surface area (Å²) in [5, 5.41) is 7.24. The van der Waals surface area contributed by atoms with Crippen LogP contribution in [0.3, 0.4) is 0 Å². The van der Waals surface area contributed by atoms with E-state index in [2.05, 4.69) is 215 Å². The molecule has 0 amide bonds. The van der Waals surface area contributed by atoms with Crippen LogP contribution in [0.2, 0.25) is 0 Å². The molecular weight excluding hydrogens is 729 g/mol. The molecule has 0 unspecified atom stereocenters. The molecule has 0 bridgehead atoms. The fourth-order valence-corrected chi connectivity index (χ4v) is 9.02. The highest BCUT2D eigenvalue weighted by Gasteiger charge is 2.19. The van der Waals surface area contributed by atoms with Crippen LogP contribution in [0.4, 0.5) is 0 Å². The molecule has 4 heteroatoms. The largest absolute Gasteiger partial charge is 0.309 e. The summed E-state index contributed by atoms with van der Waals surface area (Å²) in [5.74, 6) is 0.693. The van der Waals surface area contributed by atoms with Crippen molar-refractivity contribution >= 4 is 54.4 Å². The first-order chi connectivity index (χ1) is 29.7. The standard InChI is InChI=1S/C56H36N4/c1-4-14-37(15-5-1)38-24-27-41(28-25-38)51-35-50(40-16-6-2-7-17-40)57-56(58-51)42-29-26-39-30-31-45(33-43(39)32-42)60-53-23-13-11-21-47(53)49-34-48-46-20-10-12-22-52(46)59(54(48)36-55(49)60)44-18-8-3-9-19-44/h1-36H. The van der Waals surface area contributed by atoms with Gasteiger partial charge in [0.25, 0.3) is 0 Å². The minimum absolute atomic E-state index is 0.693. The van der Waals surface area contributed by atoms with Crippen LogP contribution >= 0.6 is 0 Å². The third kappa shape index (κ3) is 5.61. The zero-order chi connectivity index (χ0) is 39.6. The number of nitrogens with zero attached hydrogens (tertiary/aromatic N) is 4. The van der Waals surface area contributed by atoms with Gasteiger partial charge in [-0.2, -0.15) is 0 Å². The van der Waals surface area contributed by atoms with E-state index in [1.807, 2.05) is 12.1 Å². The molecule has 0 aliphatic carbocycles. The molecule has 0 radical (unpaired) electrons. The number of aromatic nitrogens is 4. The van der Waals surface area contributed by atoms with Crippen LogP contribution in [0.5, 0.6) is 0 Å². The lowest BCUT2D eigenvalue weighted by molar-refractivity contribution is 1.17. The van der Waals surface area contributed by atoms with E-state index < -0.39 is 0 Å². The zero-order valence-electron chi connectivity index (χ0n) is 32.6. The van der Waals surface area contributed by atoms with Gasteiger partial charge >= 0.3 is 0 Å². The van der Waals surface area contributed by atoms with E-state index in [4.69, 9.17) is 9.97 Å². The van der Waals surface area contributed by atoms with E-state index in [0.29, 0.717) is 5.82 Å². The van der Waals surface area contributed by atoms with Crippen LogP contribution in [0.1, 0.15) is 0 Å². The zero-order valence-corrected chi connectivity index (χ0v) is 32.6. The second-order valence-electron chi connectivity index (χ2n) is 15.4. The van der Waals surface area contributed by atoms with Gasteiger partial charge in [0.15, 0.2) is 5.82 Å². The molecule has 280 valence electrons. The number of para-hydroxylation sites is 3. The summed E-state index contributed by atoms with van der Waals surface area (Å²) >= 11 is 0. The van der Waals surface area contributed by atoms with E-state index in [9.17, 15) is 0 Å². The van der Waals surface area contributed by atoms with Crippen molar-refractivity contribution in [2.45, 2.75) is 0 Å². The molecule has 3 heterocycles. The molecule has 9 aromatic carbocycles. The van der Waals surface area contributed by atoms with Crippen molar-refractivity contribution in [1.29, 1.82) is 0 Å². The highest BCUT2D eigenvalue weighted by Crippen LogP contribution is 2.40. The highest BCUT2D eigenvalue weighted by atomic mass is 15.0. The van der Waals surface area contributed by atoms with Gasteiger partial charge in [0.2, 0.25) is 0 Å². The third-order valence-corrected chi connectivity index (χ3v) is 11.9. The average Bonchev–Trinajstić information content (AvgIpc) is 3.83. The molecule has 60 heavy (non-hydrogen) atoms. The van der Waals surface area contributed by atoms with Gasteiger partial charge < -0.3 is 9.13 Å². The maximum atomic E-state index is 5.22. The van der Waals surface area contributed by atoms with Crippen LogP contribution in [0, 0.1) is 0 Å². The highest BCUT2D eigenvalue weighted by molar-refractivity contribution is 6.19. The lowest BCUT2D eigenvalue weighted by Crippen LogP contribution is -1.97. The van der Waals surface area contributed by atoms with Crippen LogP contribution < -0.4 is 0 Å². The van der Waals surface area contributed by atoms with E-state index in [1.165, 1.54) is 54.7 Å². The molecule has 0 N–H and O–H groups in total. The van der Waals surface area contributed by atoms with E-state index in [-0.39, 0.29) is 0 Å². The SMILES string of the molecule is c1ccc(-c2ccc(-c3cc(-c4ccccc4)nc(-c4ccc5ccc(-n6c7ccccc7c7cc8c9ccccc9n(-c9ccccc9)c8cc76)cc5c4)n3)cc2)cc1. The van der Waals surface area contributed by atoms with Crippen molar-refractivity contribution in [2.24, 2.45) is 0 Å². The minimum Gasteiger partial charge on any atom is -0.309 e. The summed E-state index contributed by atoms with van der Waals surface area (Å²) < 4.78 is 4.82. The molecule has 4 nitrogen and oxygen atoms in total. The van der Waals surface area contributed by atoms with Gasteiger partial charge in [0.05, 0.1) is 33.5 Å². The first-order valence-corrected chi connectivity index (χ1v) is 20.4. The van der Waals surface area contributed by atoms with Crippen molar-refractivity contribution in [3.63, 3.8) is 0 Å². The summed E-state index contributed by atoms with van der Waals surface area (Å²) in [6, 6.07) is 78.0. The fourth-order valence-electron chi connectivity index (χ4n) is 9.02. The molecule has 12 rings (SSSR count). The topological polar surface area (TPSA) is 35.6 Å². The summed E-state index contributed by atoms with van der Waals surface area (Å²) in [4.78, 5) is 10.4. The Bertz CT molecular complexity index is 3570. The van der Waals surface area contributed by atoms with Crippen molar-refractivity contribution in [3.05, 3.63) is 218 Å². The first-order valence-electron chi connectivity index (χ1n) is 20.4. The van der Waals surface area contributed by atoms with Gasteiger partial charge in [-0.15, -0.1) is 0 Å². The minimum atomic E-state index is 0.693. The molecule has 0 fully saturated rings. The van der Waals surface area contributed by atoms with Gasteiger partial charge in [0, 0.05) is 49.6 Å². The third-order valence-electron chi connectivity index (χ3n) is 11.9. The summed E-state index contributed by atoms with van der Waals surface area (Å²) in [6.07, 6.45) is 0. The number of benzene rings is 9. The van der Waals surface area contributed by atoms with E-state index in [0.717, 1.165) is 50.2 Å². The molecule has 0 saturated heterocycles. The number of rotatable bonds is 6. The Balaban J connectivity index is 1.02. The van der Waals surface area contributed by atoms with Crippen LogP contribution in [0.15, 0.2) is 218 Å². The van der Waals surface area contributed by atoms with E-state index in [1.54, 1.807) is 0 Å². The molecule has 0 spiro atoms. The second-order valence-corrected chi connectivity index (χ2v) is 15.4. The predicted octanol–water partition coefficient (Wildman–Crippen LogP) is 14.5. The van der Waals surface area contributed by atoms with Gasteiger partial charge in [-0.25, -0.2) is 9.97 Å². The first kappa shape index (κ1) is 34.0. The molecule has 0 atom stereocenters. The number of hydrogen-bond donors (Lipinski definition) is 0. The maximum Gasteiger partial charge on any atom is 0.160 e. The van der Waals surface area contributed by atoms with Crippen LogP contribution in [0.25, 0.3) is 111 Å². The van der Waals surface area contributed by atoms with E-state index >= 15 is 0 Å². The Hall–Kier alpha value is -8.08. The summed E-state index contributed by atoms with van der Waals surface area (Å²) in [5.41, 5.74) is 14.2. The van der Waals surface area contributed by atoms with Crippen LogP contribution in [-0.4, -0.2) is 19.1 Å². The Morgan fingerprint density at radius 3 is 1.40 bits per heavy atom. The molecule has 0 aliphatic heterocycles. The number of hydrogen-bond acceptors (Lipinski definition) is 2. The quantitative estimate of drug-likeness (QED) is 0.169.